The number of hydrogen-bond acceptors (Lipinski definition) is 4. The summed E-state index contributed by atoms with van der Waals surface area (Å²) < 4.78 is 27.0. The largest absolute Gasteiger partial charge is 0.394 e. The minimum Gasteiger partial charge on any atom is -0.394 e. The summed E-state index contributed by atoms with van der Waals surface area (Å²) in [6.45, 7) is 1.49. The van der Waals surface area contributed by atoms with Gasteiger partial charge in [0.05, 0.1) is 11.5 Å². The minimum atomic E-state index is -3.71. The first kappa shape index (κ1) is 17.0. The molecule has 3 N–H and O–H groups in total. The van der Waals surface area contributed by atoms with E-state index in [0.29, 0.717) is 5.56 Å². The Morgan fingerprint density at radius 1 is 1.13 bits per heavy atom. The fourth-order valence-electron chi connectivity index (χ4n) is 1.89. The highest BCUT2D eigenvalue weighted by Crippen LogP contribution is 2.17. The number of hydrogen-bond donors (Lipinski definition) is 3. The number of carbonyl (C=O) groups is 1. The molecule has 6 nitrogen and oxygen atoms in total. The number of amides is 1. The van der Waals surface area contributed by atoms with Gasteiger partial charge in [0.15, 0.2) is 0 Å². The average Bonchev–Trinajstić information content (AvgIpc) is 2.55. The van der Waals surface area contributed by atoms with E-state index in [-0.39, 0.29) is 29.1 Å². The summed E-state index contributed by atoms with van der Waals surface area (Å²) in [5.41, 5.74) is 0.594. The van der Waals surface area contributed by atoms with Crippen LogP contribution < -0.4 is 10.0 Å². The molecule has 7 heteroatoms. The Morgan fingerprint density at radius 3 is 2.48 bits per heavy atom. The number of aliphatic hydroxyl groups is 1. The van der Waals surface area contributed by atoms with Gasteiger partial charge >= 0.3 is 0 Å². The molecule has 0 unspecified atom stereocenters. The molecule has 2 rings (SSSR count). The van der Waals surface area contributed by atoms with E-state index in [0.717, 1.165) is 0 Å². The minimum absolute atomic E-state index is 0.142. The summed E-state index contributed by atoms with van der Waals surface area (Å²) in [7, 11) is -3.71. The van der Waals surface area contributed by atoms with Gasteiger partial charge in [0.25, 0.3) is 15.9 Å². The Morgan fingerprint density at radius 2 is 1.83 bits per heavy atom. The second kappa shape index (κ2) is 7.26. The van der Waals surface area contributed by atoms with E-state index < -0.39 is 10.0 Å². The average molecular weight is 334 g/mol. The van der Waals surface area contributed by atoms with E-state index in [1.807, 2.05) is 0 Å². The molecule has 0 heterocycles. The van der Waals surface area contributed by atoms with Gasteiger partial charge in [-0.1, -0.05) is 24.3 Å². The van der Waals surface area contributed by atoms with Gasteiger partial charge in [0.2, 0.25) is 0 Å². The topological polar surface area (TPSA) is 95.5 Å². The van der Waals surface area contributed by atoms with Crippen molar-refractivity contribution in [3.8, 4) is 0 Å². The molecule has 0 saturated heterocycles. The third-order valence-corrected chi connectivity index (χ3v) is 4.48. The maximum atomic E-state index is 12.3. The van der Waals surface area contributed by atoms with Crippen LogP contribution in [0, 0.1) is 0 Å². The van der Waals surface area contributed by atoms with Crippen molar-refractivity contribution in [1.29, 1.82) is 0 Å². The number of rotatable bonds is 6. The van der Waals surface area contributed by atoms with E-state index in [9.17, 15) is 13.2 Å². The van der Waals surface area contributed by atoms with Crippen molar-refractivity contribution in [2.24, 2.45) is 0 Å². The summed E-state index contributed by atoms with van der Waals surface area (Å²) >= 11 is 0. The van der Waals surface area contributed by atoms with Gasteiger partial charge in [0.1, 0.15) is 0 Å². The third kappa shape index (κ3) is 4.54. The van der Waals surface area contributed by atoms with E-state index in [1.54, 1.807) is 43.3 Å². The van der Waals surface area contributed by atoms with Gasteiger partial charge in [-0.3, -0.25) is 9.52 Å². The lowest BCUT2D eigenvalue weighted by atomic mass is 10.2. The van der Waals surface area contributed by atoms with Crippen molar-refractivity contribution >= 4 is 21.6 Å². The van der Waals surface area contributed by atoms with Crippen LogP contribution in [0.3, 0.4) is 0 Å². The maximum absolute atomic E-state index is 12.3. The molecule has 1 amide bonds. The van der Waals surface area contributed by atoms with Crippen LogP contribution in [0.5, 0.6) is 0 Å². The van der Waals surface area contributed by atoms with E-state index in [1.165, 1.54) is 18.2 Å². The number of aliphatic hydroxyl groups excluding tert-OH is 1. The quantitative estimate of drug-likeness (QED) is 0.748. The Kier molecular flexibility index (Phi) is 5.36. The van der Waals surface area contributed by atoms with Crippen molar-refractivity contribution in [2.45, 2.75) is 17.9 Å². The van der Waals surface area contributed by atoms with Crippen LogP contribution >= 0.6 is 0 Å². The van der Waals surface area contributed by atoms with Crippen molar-refractivity contribution in [3.63, 3.8) is 0 Å². The fraction of sp³-hybridized carbons (Fsp3) is 0.188. The maximum Gasteiger partial charge on any atom is 0.261 e. The van der Waals surface area contributed by atoms with Crippen LogP contribution in [-0.4, -0.2) is 32.1 Å². The molecular formula is C16H18N2O4S. The Labute approximate surface area is 135 Å². The molecule has 0 aliphatic carbocycles. The monoisotopic (exact) mass is 334 g/mol. The zero-order chi connectivity index (χ0) is 16.9. The standard InChI is InChI=1S/C16H18N2O4S/c1-12(11-19)17-16(20)13-6-5-7-14(10-13)18-23(21,22)15-8-3-2-4-9-15/h2-10,12,18-19H,11H2,1H3,(H,17,20)/t12-/m0/s1. The lowest BCUT2D eigenvalue weighted by Crippen LogP contribution is -2.35. The summed E-state index contributed by atoms with van der Waals surface area (Å²) in [6.07, 6.45) is 0. The van der Waals surface area contributed by atoms with Gasteiger partial charge in [0, 0.05) is 17.3 Å². The number of carbonyl (C=O) groups excluding carboxylic acids is 1. The highest BCUT2D eigenvalue weighted by atomic mass is 32.2. The highest BCUT2D eigenvalue weighted by Gasteiger charge is 2.15. The molecule has 2 aromatic rings. The van der Waals surface area contributed by atoms with Gasteiger partial charge in [-0.2, -0.15) is 0 Å². The molecule has 2 aromatic carbocycles. The van der Waals surface area contributed by atoms with Crippen LogP contribution in [0.15, 0.2) is 59.5 Å². The highest BCUT2D eigenvalue weighted by molar-refractivity contribution is 7.92. The zero-order valence-corrected chi connectivity index (χ0v) is 13.4. The molecule has 0 bridgehead atoms. The third-order valence-electron chi connectivity index (χ3n) is 3.08. The summed E-state index contributed by atoms with van der Waals surface area (Å²) in [5.74, 6) is -0.382. The number of nitrogens with one attached hydrogen (secondary N) is 2. The lowest BCUT2D eigenvalue weighted by molar-refractivity contribution is 0.0922. The second-order valence-corrected chi connectivity index (χ2v) is 6.74. The van der Waals surface area contributed by atoms with Crippen LogP contribution in [0.2, 0.25) is 0 Å². The van der Waals surface area contributed by atoms with E-state index in [4.69, 9.17) is 5.11 Å². The second-order valence-electron chi connectivity index (χ2n) is 5.06. The van der Waals surface area contributed by atoms with E-state index >= 15 is 0 Å². The first-order chi connectivity index (χ1) is 10.9. The molecule has 0 saturated carbocycles. The van der Waals surface area contributed by atoms with Crippen molar-refractivity contribution in [1.82, 2.24) is 5.32 Å². The first-order valence-electron chi connectivity index (χ1n) is 7.02. The summed E-state index contributed by atoms with van der Waals surface area (Å²) in [4.78, 5) is 12.1. The lowest BCUT2D eigenvalue weighted by Gasteiger charge is -2.12. The molecular weight excluding hydrogens is 316 g/mol. The van der Waals surface area contributed by atoms with Crippen LogP contribution in [-0.2, 0) is 10.0 Å². The van der Waals surface area contributed by atoms with Gasteiger partial charge < -0.3 is 10.4 Å². The molecule has 0 aromatic heterocycles. The van der Waals surface area contributed by atoms with Crippen molar-refractivity contribution in [2.75, 3.05) is 11.3 Å². The molecule has 0 aliphatic rings. The smallest absolute Gasteiger partial charge is 0.261 e. The number of sulfonamides is 1. The molecule has 23 heavy (non-hydrogen) atoms. The predicted molar refractivity (Wildman–Crippen MR) is 87.7 cm³/mol. The molecule has 122 valence electrons. The first-order valence-corrected chi connectivity index (χ1v) is 8.50. The zero-order valence-electron chi connectivity index (χ0n) is 12.6. The van der Waals surface area contributed by atoms with Crippen molar-refractivity contribution < 1.29 is 18.3 Å². The Balaban J connectivity index is 2.19. The molecule has 0 spiro atoms. The number of anilines is 1. The Bertz CT molecular complexity index is 776. The molecule has 0 radical (unpaired) electrons. The molecule has 1 atom stereocenters. The summed E-state index contributed by atoms with van der Waals surface area (Å²) in [5, 5.41) is 11.6. The van der Waals surface area contributed by atoms with Crippen LogP contribution in [0.25, 0.3) is 0 Å². The SMILES string of the molecule is C[C@@H](CO)NC(=O)c1cccc(NS(=O)(=O)c2ccccc2)c1. The number of benzene rings is 2. The van der Waals surface area contributed by atoms with E-state index in [2.05, 4.69) is 10.0 Å². The van der Waals surface area contributed by atoms with Crippen LogP contribution in [0.1, 0.15) is 17.3 Å². The van der Waals surface area contributed by atoms with Crippen LogP contribution in [0.4, 0.5) is 5.69 Å². The Hall–Kier alpha value is -2.38. The van der Waals surface area contributed by atoms with Crippen molar-refractivity contribution in [3.05, 3.63) is 60.2 Å². The summed E-state index contributed by atoms with van der Waals surface area (Å²) in [6, 6.07) is 13.7. The normalized spacial score (nSPS) is 12.4. The van der Waals surface area contributed by atoms with Gasteiger partial charge in [-0.05, 0) is 37.3 Å². The predicted octanol–water partition coefficient (Wildman–Crippen LogP) is 1.60. The molecule has 0 aliphatic heterocycles. The molecule has 0 fully saturated rings. The van der Waals surface area contributed by atoms with Gasteiger partial charge in [-0.25, -0.2) is 8.42 Å². The fourth-order valence-corrected chi connectivity index (χ4v) is 2.96. The van der Waals surface area contributed by atoms with Gasteiger partial charge in [-0.15, -0.1) is 0 Å².